The lowest BCUT2D eigenvalue weighted by Gasteiger charge is -2.21. The monoisotopic (exact) mass is 400 g/mol. The molecule has 0 radical (unpaired) electrons. The molecule has 9 heteroatoms. The van der Waals surface area contributed by atoms with Gasteiger partial charge in [0.25, 0.3) is 5.69 Å². The van der Waals surface area contributed by atoms with Gasteiger partial charge >= 0.3 is 5.97 Å². The van der Waals surface area contributed by atoms with Crippen LogP contribution in [0.25, 0.3) is 10.8 Å². The Kier molecular flexibility index (Phi) is 5.39. The number of aliphatic carboxylic acids is 1. The molecule has 0 spiro atoms. The third-order valence-corrected chi connectivity index (χ3v) is 6.04. The van der Waals surface area contributed by atoms with E-state index >= 15 is 0 Å². The molecule has 1 N–H and O–H groups in total. The van der Waals surface area contributed by atoms with E-state index in [0.29, 0.717) is 16.3 Å². The number of carbonyl (C=O) groups is 1. The van der Waals surface area contributed by atoms with Crippen LogP contribution in [-0.4, -0.2) is 35.3 Å². The minimum absolute atomic E-state index is 0.00811. The number of rotatable bonds is 7. The number of non-ortho nitro benzene ring substituents is 1. The molecule has 0 bridgehead atoms. The van der Waals surface area contributed by atoms with Crippen LogP contribution >= 0.6 is 0 Å². The average molecular weight is 400 g/mol. The zero-order valence-electron chi connectivity index (χ0n) is 14.6. The van der Waals surface area contributed by atoms with Gasteiger partial charge in [-0.25, -0.2) is 8.42 Å². The van der Waals surface area contributed by atoms with Gasteiger partial charge in [0.1, 0.15) is 6.54 Å². The Balaban J connectivity index is 2.02. The second kappa shape index (κ2) is 7.75. The first-order valence-electron chi connectivity index (χ1n) is 8.22. The van der Waals surface area contributed by atoms with Crippen molar-refractivity contribution < 1.29 is 23.2 Å². The molecule has 3 rings (SSSR count). The summed E-state index contributed by atoms with van der Waals surface area (Å²) in [7, 11) is -4.13. The molecule has 0 heterocycles. The van der Waals surface area contributed by atoms with Crippen LogP contribution in [0, 0.1) is 10.1 Å². The number of sulfonamides is 1. The first kappa shape index (κ1) is 19.5. The molecule has 0 aliphatic carbocycles. The second-order valence-corrected chi connectivity index (χ2v) is 7.97. The maximum atomic E-state index is 13.2. The van der Waals surface area contributed by atoms with Crippen molar-refractivity contribution in [1.29, 1.82) is 0 Å². The third-order valence-electron chi connectivity index (χ3n) is 4.19. The van der Waals surface area contributed by atoms with Crippen LogP contribution < -0.4 is 0 Å². The highest BCUT2D eigenvalue weighted by Gasteiger charge is 2.28. The lowest BCUT2D eigenvalue weighted by atomic mass is 10.1. The Bertz CT molecular complexity index is 1140. The van der Waals surface area contributed by atoms with Gasteiger partial charge in [0, 0.05) is 24.1 Å². The number of fused-ring (bicyclic) bond motifs is 1. The molecule has 144 valence electrons. The number of benzene rings is 3. The predicted octanol–water partition coefficient (Wildman–Crippen LogP) is 3.02. The summed E-state index contributed by atoms with van der Waals surface area (Å²) in [5.74, 6) is -1.30. The number of nitrogens with zero attached hydrogens (tertiary/aromatic N) is 2. The quantitative estimate of drug-likeness (QED) is 0.481. The fourth-order valence-electron chi connectivity index (χ4n) is 2.86. The summed E-state index contributed by atoms with van der Waals surface area (Å²) in [6.45, 7) is -0.960. The molecule has 3 aromatic rings. The van der Waals surface area contributed by atoms with Gasteiger partial charge in [-0.1, -0.05) is 48.5 Å². The fraction of sp³-hybridized carbons (Fsp3) is 0.105. The van der Waals surface area contributed by atoms with Crippen LogP contribution in [0.1, 0.15) is 5.56 Å². The van der Waals surface area contributed by atoms with Crippen LogP contribution in [0.15, 0.2) is 71.6 Å². The average Bonchev–Trinajstić information content (AvgIpc) is 2.67. The molecule has 0 saturated carbocycles. The van der Waals surface area contributed by atoms with E-state index in [2.05, 4.69) is 0 Å². The normalized spacial score (nSPS) is 11.6. The number of carboxylic acids is 1. The van der Waals surface area contributed by atoms with Gasteiger partial charge in [-0.3, -0.25) is 14.9 Å². The maximum absolute atomic E-state index is 13.2. The lowest BCUT2D eigenvalue weighted by molar-refractivity contribution is -0.384. The summed E-state index contributed by atoms with van der Waals surface area (Å²) in [6.07, 6.45) is 0. The summed E-state index contributed by atoms with van der Waals surface area (Å²) in [6, 6.07) is 17.0. The van der Waals surface area contributed by atoms with E-state index in [4.69, 9.17) is 0 Å². The van der Waals surface area contributed by atoms with E-state index in [-0.39, 0.29) is 17.1 Å². The molecule has 0 aliphatic heterocycles. The molecule has 0 fully saturated rings. The zero-order valence-corrected chi connectivity index (χ0v) is 15.4. The number of nitro benzene ring substituents is 1. The first-order chi connectivity index (χ1) is 13.3. The molecule has 8 nitrogen and oxygen atoms in total. The Morgan fingerprint density at radius 2 is 1.64 bits per heavy atom. The highest BCUT2D eigenvalue weighted by Crippen LogP contribution is 2.27. The number of hydrogen-bond donors (Lipinski definition) is 1. The van der Waals surface area contributed by atoms with E-state index in [9.17, 15) is 28.4 Å². The summed E-state index contributed by atoms with van der Waals surface area (Å²) in [4.78, 5) is 21.5. The van der Waals surface area contributed by atoms with Crippen molar-refractivity contribution >= 4 is 32.5 Å². The van der Waals surface area contributed by atoms with Crippen LogP contribution in [0.5, 0.6) is 0 Å². The Labute approximate surface area is 160 Å². The zero-order chi connectivity index (χ0) is 20.3. The smallest absolute Gasteiger partial charge is 0.318 e. The Morgan fingerprint density at radius 1 is 1.00 bits per heavy atom. The largest absolute Gasteiger partial charge is 0.480 e. The first-order valence-corrected chi connectivity index (χ1v) is 9.66. The molecule has 3 aromatic carbocycles. The highest BCUT2D eigenvalue weighted by atomic mass is 32.2. The second-order valence-electron chi connectivity index (χ2n) is 6.07. The van der Waals surface area contributed by atoms with Crippen molar-refractivity contribution in [2.45, 2.75) is 11.4 Å². The molecule has 28 heavy (non-hydrogen) atoms. The Morgan fingerprint density at radius 3 is 2.29 bits per heavy atom. The van der Waals surface area contributed by atoms with Gasteiger partial charge in [-0.15, -0.1) is 0 Å². The SMILES string of the molecule is O=C(O)CN(Cc1ccc([N+](=O)[O-])cc1)S(=O)(=O)c1cccc2ccccc12. The molecule has 0 amide bonds. The third kappa shape index (κ3) is 4.00. The maximum Gasteiger partial charge on any atom is 0.318 e. The van der Waals surface area contributed by atoms with Crippen LogP contribution in [0.4, 0.5) is 5.69 Å². The standard InChI is InChI=1S/C19H16N2O6S/c22-19(23)13-20(12-14-8-10-16(11-9-14)21(24)25)28(26,27)18-7-3-5-15-4-1-2-6-17(15)18/h1-11H,12-13H2,(H,22,23). The molecule has 0 aliphatic rings. The van der Waals surface area contributed by atoms with Gasteiger partial charge in [0.2, 0.25) is 10.0 Å². The van der Waals surface area contributed by atoms with Gasteiger partial charge < -0.3 is 5.11 Å². The number of hydrogen-bond acceptors (Lipinski definition) is 5. The van der Waals surface area contributed by atoms with Crippen molar-refractivity contribution in [3.8, 4) is 0 Å². The summed E-state index contributed by atoms with van der Waals surface area (Å²) in [5.41, 5.74) is 0.307. The van der Waals surface area contributed by atoms with E-state index < -0.39 is 27.5 Å². The number of nitro groups is 1. The summed E-state index contributed by atoms with van der Waals surface area (Å²) >= 11 is 0. The van der Waals surface area contributed by atoms with Crippen molar-refractivity contribution in [3.05, 3.63) is 82.4 Å². The van der Waals surface area contributed by atoms with Gasteiger partial charge in [0.15, 0.2) is 0 Å². The van der Waals surface area contributed by atoms with Crippen molar-refractivity contribution in [3.63, 3.8) is 0 Å². The van der Waals surface area contributed by atoms with Gasteiger partial charge in [-0.2, -0.15) is 4.31 Å². The fourth-order valence-corrected chi connectivity index (χ4v) is 4.46. The molecular weight excluding hydrogens is 384 g/mol. The van der Waals surface area contributed by atoms with Gasteiger partial charge in [-0.05, 0) is 17.0 Å². The van der Waals surface area contributed by atoms with Crippen molar-refractivity contribution in [2.24, 2.45) is 0 Å². The highest BCUT2D eigenvalue weighted by molar-refractivity contribution is 7.89. The molecule has 0 unspecified atom stereocenters. The topological polar surface area (TPSA) is 118 Å². The van der Waals surface area contributed by atoms with Gasteiger partial charge in [0.05, 0.1) is 9.82 Å². The number of carboxylic acid groups (broad SMARTS) is 1. The summed E-state index contributed by atoms with van der Waals surface area (Å²) in [5, 5.41) is 21.2. The molecule has 0 saturated heterocycles. The minimum atomic E-state index is -4.13. The van der Waals surface area contributed by atoms with Crippen LogP contribution in [0.2, 0.25) is 0 Å². The summed E-state index contributed by atoms with van der Waals surface area (Å²) < 4.78 is 27.3. The van der Waals surface area contributed by atoms with E-state index in [1.807, 2.05) is 0 Å². The Hall–Kier alpha value is -3.30. The van der Waals surface area contributed by atoms with E-state index in [1.165, 1.54) is 30.3 Å². The van der Waals surface area contributed by atoms with Crippen LogP contribution in [0.3, 0.4) is 0 Å². The molecular formula is C19H16N2O6S. The molecule has 0 atom stereocenters. The van der Waals surface area contributed by atoms with E-state index in [1.54, 1.807) is 36.4 Å². The predicted molar refractivity (Wildman–Crippen MR) is 102 cm³/mol. The van der Waals surface area contributed by atoms with Crippen LogP contribution in [-0.2, 0) is 21.4 Å². The van der Waals surface area contributed by atoms with Crippen molar-refractivity contribution in [1.82, 2.24) is 4.31 Å². The lowest BCUT2D eigenvalue weighted by Crippen LogP contribution is -2.35. The minimum Gasteiger partial charge on any atom is -0.480 e. The van der Waals surface area contributed by atoms with Crippen molar-refractivity contribution in [2.75, 3.05) is 6.54 Å². The molecule has 0 aromatic heterocycles. The van der Waals surface area contributed by atoms with E-state index in [0.717, 1.165) is 4.31 Å².